The summed E-state index contributed by atoms with van der Waals surface area (Å²) >= 11 is 5.79. The average Bonchev–Trinajstić information content (AvgIpc) is 2.16. The van der Waals surface area contributed by atoms with Crippen molar-refractivity contribution in [3.8, 4) is 0 Å². The van der Waals surface area contributed by atoms with Gasteiger partial charge in [-0.2, -0.15) is 0 Å². The van der Waals surface area contributed by atoms with E-state index in [1.165, 1.54) is 0 Å². The van der Waals surface area contributed by atoms with Gasteiger partial charge in [0.2, 0.25) is 0 Å². The highest BCUT2D eigenvalue weighted by Crippen LogP contribution is 2.29. The first-order chi connectivity index (χ1) is 6.68. The lowest BCUT2D eigenvalue weighted by Gasteiger charge is -2.16. The Labute approximate surface area is 98.2 Å². The Morgan fingerprint density at radius 3 is 2.80 bits per heavy atom. The summed E-state index contributed by atoms with van der Waals surface area (Å²) < 4.78 is 0. The van der Waals surface area contributed by atoms with E-state index >= 15 is 0 Å². The number of fused-ring (bicyclic) bond motifs is 1. The van der Waals surface area contributed by atoms with E-state index in [4.69, 9.17) is 11.6 Å². The number of nitrogens with one attached hydrogen (secondary N) is 1. The fraction of sp³-hybridized carbons (Fsp3) is 0.333. The van der Waals surface area contributed by atoms with E-state index in [0.29, 0.717) is 0 Å². The number of rotatable bonds is 1. The molecule has 1 aromatic rings. The molecule has 0 atom stereocenters. The van der Waals surface area contributed by atoms with Gasteiger partial charge in [0, 0.05) is 12.6 Å². The van der Waals surface area contributed by atoms with E-state index < -0.39 is 4.92 Å². The van der Waals surface area contributed by atoms with E-state index in [9.17, 15) is 10.1 Å². The molecule has 1 aromatic carbocycles. The fourth-order valence-electron chi connectivity index (χ4n) is 1.63. The summed E-state index contributed by atoms with van der Waals surface area (Å²) in [4.78, 5) is 10.2. The molecule has 0 aromatic heterocycles. The lowest BCUT2D eigenvalue weighted by Crippen LogP contribution is -2.23. The van der Waals surface area contributed by atoms with Crippen molar-refractivity contribution in [2.24, 2.45) is 0 Å². The molecule has 0 amide bonds. The second-order valence-electron chi connectivity index (χ2n) is 3.26. The molecule has 1 aliphatic heterocycles. The van der Waals surface area contributed by atoms with Crippen molar-refractivity contribution in [3.05, 3.63) is 38.4 Å². The van der Waals surface area contributed by atoms with Crippen molar-refractivity contribution in [1.29, 1.82) is 0 Å². The third kappa shape index (κ3) is 2.40. The van der Waals surface area contributed by atoms with Gasteiger partial charge in [-0.15, -0.1) is 12.4 Å². The van der Waals surface area contributed by atoms with Crippen LogP contribution in [0.2, 0.25) is 5.02 Å². The third-order valence-corrected chi connectivity index (χ3v) is 2.66. The zero-order valence-corrected chi connectivity index (χ0v) is 9.40. The minimum atomic E-state index is -0.440. The van der Waals surface area contributed by atoms with E-state index in [1.807, 2.05) is 0 Å². The highest BCUT2D eigenvalue weighted by atomic mass is 35.5. The van der Waals surface area contributed by atoms with Crippen molar-refractivity contribution < 1.29 is 4.92 Å². The summed E-state index contributed by atoms with van der Waals surface area (Å²) in [6, 6.07) is 3.26. The molecule has 0 spiro atoms. The number of nitrogens with zero attached hydrogens (tertiary/aromatic N) is 1. The van der Waals surface area contributed by atoms with Crippen LogP contribution in [0.1, 0.15) is 11.1 Å². The highest BCUT2D eigenvalue weighted by Gasteiger charge is 2.18. The Balaban J connectivity index is 0.00000112. The fourth-order valence-corrected chi connectivity index (χ4v) is 1.88. The molecule has 0 bridgehead atoms. The molecule has 0 aliphatic carbocycles. The molecule has 4 nitrogen and oxygen atoms in total. The first-order valence-corrected chi connectivity index (χ1v) is 4.72. The van der Waals surface area contributed by atoms with Gasteiger partial charge in [0.25, 0.3) is 5.69 Å². The Morgan fingerprint density at radius 2 is 2.13 bits per heavy atom. The number of benzene rings is 1. The van der Waals surface area contributed by atoms with E-state index in [-0.39, 0.29) is 23.1 Å². The zero-order chi connectivity index (χ0) is 10.1. The van der Waals surface area contributed by atoms with Gasteiger partial charge in [0.1, 0.15) is 5.02 Å². The van der Waals surface area contributed by atoms with E-state index in [2.05, 4.69) is 5.32 Å². The Morgan fingerprint density at radius 1 is 1.40 bits per heavy atom. The molecule has 82 valence electrons. The molecule has 1 aliphatic rings. The van der Waals surface area contributed by atoms with Crippen molar-refractivity contribution in [3.63, 3.8) is 0 Å². The summed E-state index contributed by atoms with van der Waals surface area (Å²) in [5.74, 6) is 0. The molecule has 1 heterocycles. The van der Waals surface area contributed by atoms with Crippen molar-refractivity contribution in [2.75, 3.05) is 6.54 Å². The van der Waals surface area contributed by atoms with Crippen LogP contribution in [-0.4, -0.2) is 11.5 Å². The monoisotopic (exact) mass is 248 g/mol. The van der Waals surface area contributed by atoms with Crippen LogP contribution in [0.15, 0.2) is 12.1 Å². The van der Waals surface area contributed by atoms with Crippen LogP contribution in [0.3, 0.4) is 0 Å². The van der Waals surface area contributed by atoms with Crippen LogP contribution < -0.4 is 5.32 Å². The summed E-state index contributed by atoms with van der Waals surface area (Å²) in [6.45, 7) is 1.61. The van der Waals surface area contributed by atoms with Gasteiger partial charge in [0.15, 0.2) is 0 Å². The second kappa shape index (κ2) is 4.79. The van der Waals surface area contributed by atoms with Gasteiger partial charge in [-0.3, -0.25) is 10.1 Å². The molecule has 2 rings (SSSR count). The number of halogens is 2. The molecular formula is C9H10Cl2N2O2. The number of hydrogen-bond acceptors (Lipinski definition) is 3. The molecule has 0 unspecified atom stereocenters. The topological polar surface area (TPSA) is 55.2 Å². The van der Waals surface area contributed by atoms with Gasteiger partial charge >= 0.3 is 0 Å². The van der Waals surface area contributed by atoms with Crippen LogP contribution in [0.5, 0.6) is 0 Å². The van der Waals surface area contributed by atoms with Gasteiger partial charge in [0.05, 0.1) is 4.92 Å². The zero-order valence-electron chi connectivity index (χ0n) is 7.83. The normalized spacial score (nSPS) is 13.9. The largest absolute Gasteiger partial charge is 0.312 e. The number of hydrogen-bond donors (Lipinski definition) is 1. The maximum absolute atomic E-state index is 10.6. The number of nitro benzene ring substituents is 1. The lowest BCUT2D eigenvalue weighted by atomic mass is 10.0. The molecule has 1 N–H and O–H groups in total. The minimum Gasteiger partial charge on any atom is -0.312 e. The first-order valence-electron chi connectivity index (χ1n) is 4.35. The van der Waals surface area contributed by atoms with E-state index in [0.717, 1.165) is 30.6 Å². The van der Waals surface area contributed by atoms with Gasteiger partial charge in [-0.05, 0) is 30.2 Å². The molecule has 0 radical (unpaired) electrons. The summed E-state index contributed by atoms with van der Waals surface area (Å²) in [7, 11) is 0. The van der Waals surface area contributed by atoms with Crippen molar-refractivity contribution in [2.45, 2.75) is 13.0 Å². The summed E-state index contributed by atoms with van der Waals surface area (Å²) in [5, 5.41) is 14.0. The molecule has 0 fully saturated rings. The quantitative estimate of drug-likeness (QED) is 0.613. The second-order valence-corrected chi connectivity index (χ2v) is 3.66. The van der Waals surface area contributed by atoms with Crippen LogP contribution >= 0.6 is 24.0 Å². The van der Waals surface area contributed by atoms with Crippen LogP contribution in [-0.2, 0) is 13.0 Å². The van der Waals surface area contributed by atoms with Gasteiger partial charge < -0.3 is 5.32 Å². The third-order valence-electron chi connectivity index (χ3n) is 2.35. The SMILES string of the molecule is Cl.O=[N+]([O-])c1cc2c(cc1Cl)CNCC2. The summed E-state index contributed by atoms with van der Waals surface area (Å²) in [6.07, 6.45) is 0.827. The summed E-state index contributed by atoms with van der Waals surface area (Å²) in [5.41, 5.74) is 2.10. The van der Waals surface area contributed by atoms with E-state index in [1.54, 1.807) is 12.1 Å². The molecular weight excluding hydrogens is 239 g/mol. The maximum Gasteiger partial charge on any atom is 0.288 e. The van der Waals surface area contributed by atoms with Crippen LogP contribution in [0.4, 0.5) is 5.69 Å². The maximum atomic E-state index is 10.6. The standard InChI is InChI=1S/C9H9ClN2O2.ClH/c10-8-3-7-5-11-2-1-6(7)4-9(8)12(13)14;/h3-4,11H,1-2,5H2;1H. The molecule has 0 saturated carbocycles. The van der Waals surface area contributed by atoms with Gasteiger partial charge in [-0.1, -0.05) is 11.6 Å². The minimum absolute atomic E-state index is 0. The lowest BCUT2D eigenvalue weighted by molar-refractivity contribution is -0.384. The van der Waals surface area contributed by atoms with Gasteiger partial charge in [-0.25, -0.2) is 0 Å². The molecule has 6 heteroatoms. The highest BCUT2D eigenvalue weighted by molar-refractivity contribution is 6.32. The predicted molar refractivity (Wildman–Crippen MR) is 60.8 cm³/mol. The van der Waals surface area contributed by atoms with Crippen LogP contribution in [0.25, 0.3) is 0 Å². The average molecular weight is 249 g/mol. The van der Waals surface area contributed by atoms with Crippen molar-refractivity contribution in [1.82, 2.24) is 5.32 Å². The Bertz CT molecular complexity index is 396. The predicted octanol–water partition coefficient (Wildman–Crippen LogP) is 2.32. The number of nitro groups is 1. The van der Waals surface area contributed by atoms with Crippen molar-refractivity contribution >= 4 is 29.7 Å². The van der Waals surface area contributed by atoms with Crippen LogP contribution in [0, 0.1) is 10.1 Å². The molecule has 15 heavy (non-hydrogen) atoms. The Kier molecular flexibility index (Phi) is 3.90. The first kappa shape index (κ1) is 12.2. The smallest absolute Gasteiger partial charge is 0.288 e. The molecule has 0 saturated heterocycles. The Hall–Kier alpha value is -0.840.